The first-order valence-corrected chi connectivity index (χ1v) is 7.78. The molecule has 1 aliphatic rings. The lowest BCUT2D eigenvalue weighted by molar-refractivity contribution is -0.274. The number of rotatable bonds is 6. The van der Waals surface area contributed by atoms with E-state index in [9.17, 15) is 21.6 Å². The van der Waals surface area contributed by atoms with E-state index in [-0.39, 0.29) is 17.4 Å². The van der Waals surface area contributed by atoms with Gasteiger partial charge in [-0.3, -0.25) is 0 Å². The lowest BCUT2D eigenvalue weighted by Gasteiger charge is -2.16. The molecule has 118 valence electrons. The third-order valence-corrected chi connectivity index (χ3v) is 4.59. The first-order chi connectivity index (χ1) is 9.71. The van der Waals surface area contributed by atoms with Crippen molar-refractivity contribution in [2.45, 2.75) is 30.1 Å². The lowest BCUT2D eigenvalue weighted by Crippen LogP contribution is -2.41. The highest BCUT2D eigenvalue weighted by atomic mass is 32.2. The van der Waals surface area contributed by atoms with Crippen molar-refractivity contribution in [3.63, 3.8) is 0 Å². The van der Waals surface area contributed by atoms with E-state index in [0.29, 0.717) is 0 Å². The Bertz CT molecular complexity index is 600. The Balaban J connectivity index is 2.17. The molecule has 21 heavy (non-hydrogen) atoms. The molecule has 1 aromatic rings. The zero-order chi connectivity index (χ0) is 15.7. The third-order valence-electron chi connectivity index (χ3n) is 3.10. The van der Waals surface area contributed by atoms with E-state index < -0.39 is 28.2 Å². The van der Waals surface area contributed by atoms with Crippen LogP contribution in [-0.2, 0) is 10.0 Å². The van der Waals surface area contributed by atoms with Gasteiger partial charge in [0.25, 0.3) is 0 Å². The third kappa shape index (κ3) is 4.58. The van der Waals surface area contributed by atoms with Gasteiger partial charge in [0.1, 0.15) is 5.75 Å². The van der Waals surface area contributed by atoms with Gasteiger partial charge >= 0.3 is 6.36 Å². The van der Waals surface area contributed by atoms with Crippen molar-refractivity contribution in [1.29, 1.82) is 0 Å². The fraction of sp³-hybridized carbons (Fsp3) is 0.500. The molecule has 1 fully saturated rings. The predicted octanol–water partition coefficient (Wildman–Crippen LogP) is 1.60. The average molecular weight is 324 g/mol. The smallest absolute Gasteiger partial charge is 0.406 e. The number of hydrogen-bond acceptors (Lipinski definition) is 4. The summed E-state index contributed by atoms with van der Waals surface area (Å²) in [5.41, 5.74) is 5.51. The van der Waals surface area contributed by atoms with Gasteiger partial charge in [0, 0.05) is 18.7 Å². The summed E-state index contributed by atoms with van der Waals surface area (Å²) < 4.78 is 66.9. The van der Waals surface area contributed by atoms with Gasteiger partial charge in [-0.15, -0.1) is 13.2 Å². The molecule has 1 aromatic carbocycles. The zero-order valence-corrected chi connectivity index (χ0v) is 11.7. The van der Waals surface area contributed by atoms with Crippen LogP contribution in [0.1, 0.15) is 12.8 Å². The summed E-state index contributed by atoms with van der Waals surface area (Å²) in [6.45, 7) is 0.142. The minimum atomic E-state index is -4.87. The summed E-state index contributed by atoms with van der Waals surface area (Å²) in [6, 6.07) is 3.85. The second-order valence-electron chi connectivity index (χ2n) is 4.82. The molecule has 1 unspecified atom stereocenters. The van der Waals surface area contributed by atoms with Gasteiger partial charge in [-0.2, -0.15) is 0 Å². The number of halogens is 3. The van der Waals surface area contributed by atoms with Gasteiger partial charge < -0.3 is 10.5 Å². The second kappa shape index (κ2) is 5.82. The Hall–Kier alpha value is -1.32. The highest BCUT2D eigenvalue weighted by molar-refractivity contribution is 7.89. The van der Waals surface area contributed by atoms with E-state index in [2.05, 4.69) is 9.46 Å². The molecule has 1 aliphatic carbocycles. The van der Waals surface area contributed by atoms with Crippen molar-refractivity contribution in [3.05, 3.63) is 24.3 Å². The van der Waals surface area contributed by atoms with E-state index in [0.717, 1.165) is 25.0 Å². The van der Waals surface area contributed by atoms with E-state index in [4.69, 9.17) is 5.73 Å². The van der Waals surface area contributed by atoms with Crippen molar-refractivity contribution in [2.75, 3.05) is 6.54 Å². The van der Waals surface area contributed by atoms with Gasteiger partial charge in [0.15, 0.2) is 0 Å². The molecule has 0 spiro atoms. The van der Waals surface area contributed by atoms with E-state index in [1.807, 2.05) is 0 Å². The maximum atomic E-state index is 12.1. The van der Waals surface area contributed by atoms with Crippen molar-refractivity contribution in [1.82, 2.24) is 4.72 Å². The van der Waals surface area contributed by atoms with Crippen LogP contribution in [0.3, 0.4) is 0 Å². The lowest BCUT2D eigenvalue weighted by atomic mass is 10.2. The number of sulfonamides is 1. The molecule has 0 radical (unpaired) electrons. The molecule has 0 heterocycles. The predicted molar refractivity (Wildman–Crippen MR) is 69.0 cm³/mol. The van der Waals surface area contributed by atoms with Crippen LogP contribution in [0.4, 0.5) is 13.2 Å². The Morgan fingerprint density at radius 3 is 2.57 bits per heavy atom. The molecule has 3 N–H and O–H groups in total. The Morgan fingerprint density at radius 1 is 1.38 bits per heavy atom. The molecule has 1 saturated carbocycles. The maximum Gasteiger partial charge on any atom is 0.573 e. The highest BCUT2D eigenvalue weighted by Crippen LogP contribution is 2.33. The molecule has 0 aliphatic heterocycles. The van der Waals surface area contributed by atoms with Crippen LogP contribution in [0, 0.1) is 5.92 Å². The van der Waals surface area contributed by atoms with Gasteiger partial charge in [-0.1, -0.05) is 6.07 Å². The van der Waals surface area contributed by atoms with Gasteiger partial charge in [0.2, 0.25) is 10.0 Å². The second-order valence-corrected chi connectivity index (χ2v) is 6.54. The number of nitrogens with two attached hydrogens (primary N) is 1. The van der Waals surface area contributed by atoms with Gasteiger partial charge in [-0.05, 0) is 30.9 Å². The van der Waals surface area contributed by atoms with E-state index >= 15 is 0 Å². The van der Waals surface area contributed by atoms with Gasteiger partial charge in [0.05, 0.1) is 4.90 Å². The maximum absolute atomic E-state index is 12.1. The normalized spacial score (nSPS) is 17.5. The van der Waals surface area contributed by atoms with Gasteiger partial charge in [-0.25, -0.2) is 13.1 Å². The molecule has 9 heteroatoms. The summed E-state index contributed by atoms with van der Waals surface area (Å²) in [6.07, 6.45) is -3.09. The van der Waals surface area contributed by atoms with E-state index in [1.54, 1.807) is 0 Å². The molecule has 2 rings (SSSR count). The topological polar surface area (TPSA) is 81.4 Å². The van der Waals surface area contributed by atoms with Crippen LogP contribution in [-0.4, -0.2) is 27.4 Å². The standard InChI is InChI=1S/C12H15F3N2O3S/c13-12(14,15)20-9-2-1-3-10(6-9)21(18,19)17-11(7-16)8-4-5-8/h1-3,6,8,11,17H,4-5,7,16H2. The summed E-state index contributed by atoms with van der Waals surface area (Å²) in [4.78, 5) is -0.289. The Labute approximate surface area is 120 Å². The molecule has 1 atom stereocenters. The van der Waals surface area contributed by atoms with Crippen molar-refractivity contribution < 1.29 is 26.3 Å². The molecule has 0 amide bonds. The summed E-state index contributed by atoms with van der Waals surface area (Å²) in [7, 11) is -3.93. The number of alkyl halides is 3. The SMILES string of the molecule is NCC(NS(=O)(=O)c1cccc(OC(F)(F)F)c1)C1CC1. The minimum absolute atomic E-state index is 0.142. The van der Waals surface area contributed by atoms with Crippen molar-refractivity contribution in [3.8, 4) is 5.75 Å². The number of ether oxygens (including phenoxy) is 1. The number of nitrogens with one attached hydrogen (secondary N) is 1. The molecular formula is C12H15F3N2O3S. The monoisotopic (exact) mass is 324 g/mol. The first kappa shape index (κ1) is 16.1. The average Bonchev–Trinajstić information content (AvgIpc) is 3.18. The van der Waals surface area contributed by atoms with E-state index in [1.165, 1.54) is 12.1 Å². The zero-order valence-electron chi connectivity index (χ0n) is 10.9. The Morgan fingerprint density at radius 2 is 2.05 bits per heavy atom. The van der Waals surface area contributed by atoms with Crippen LogP contribution >= 0.6 is 0 Å². The summed E-state index contributed by atoms with van der Waals surface area (Å²) in [5.74, 6) is -0.388. The number of hydrogen-bond donors (Lipinski definition) is 2. The fourth-order valence-corrected chi connectivity index (χ4v) is 3.29. The molecular weight excluding hydrogens is 309 g/mol. The van der Waals surface area contributed by atoms with Crippen molar-refractivity contribution >= 4 is 10.0 Å². The molecule has 0 saturated heterocycles. The molecule has 0 aromatic heterocycles. The van der Waals surface area contributed by atoms with Crippen LogP contribution in [0.25, 0.3) is 0 Å². The molecule has 0 bridgehead atoms. The highest BCUT2D eigenvalue weighted by Gasteiger charge is 2.34. The van der Waals surface area contributed by atoms with Crippen molar-refractivity contribution in [2.24, 2.45) is 11.7 Å². The van der Waals surface area contributed by atoms with Crippen LogP contribution < -0.4 is 15.2 Å². The summed E-state index contributed by atoms with van der Waals surface area (Å²) in [5, 5.41) is 0. The fourth-order valence-electron chi connectivity index (χ4n) is 1.94. The first-order valence-electron chi connectivity index (χ1n) is 6.29. The van der Waals surface area contributed by atoms with Crippen LogP contribution in [0.2, 0.25) is 0 Å². The minimum Gasteiger partial charge on any atom is -0.406 e. The Kier molecular flexibility index (Phi) is 4.45. The quantitative estimate of drug-likeness (QED) is 0.833. The largest absolute Gasteiger partial charge is 0.573 e. The number of benzene rings is 1. The molecule has 5 nitrogen and oxygen atoms in total. The summed E-state index contributed by atoms with van der Waals surface area (Å²) >= 11 is 0. The van der Waals surface area contributed by atoms with Crippen LogP contribution in [0.5, 0.6) is 5.75 Å². The van der Waals surface area contributed by atoms with Crippen LogP contribution in [0.15, 0.2) is 29.2 Å².